The van der Waals surface area contributed by atoms with Gasteiger partial charge in [0.1, 0.15) is 0 Å². The molecule has 0 radical (unpaired) electrons. The molecule has 1 aromatic heterocycles. The van der Waals surface area contributed by atoms with Crippen LogP contribution in [0.3, 0.4) is 0 Å². The van der Waals surface area contributed by atoms with Gasteiger partial charge in [-0.3, -0.25) is 0 Å². The second kappa shape index (κ2) is 2.74. The minimum absolute atomic E-state index is 0.841. The van der Waals surface area contributed by atoms with Gasteiger partial charge in [0.15, 0.2) is 0 Å². The number of fused-ring (bicyclic) bond motifs is 1. The van der Waals surface area contributed by atoms with Crippen LogP contribution < -0.4 is 0 Å². The molecule has 58 valence electrons. The molecule has 1 heterocycles. The molecule has 2 rings (SSSR count). The van der Waals surface area contributed by atoms with Crippen LogP contribution in [0.1, 0.15) is 5.69 Å². The van der Waals surface area contributed by atoms with Crippen molar-refractivity contribution in [3.8, 4) is 0 Å². The minimum atomic E-state index is 0.841. The number of aromatic nitrogens is 2. The average Bonchev–Trinajstić information content (AvgIpc) is 2.17. The third-order valence-corrected chi connectivity index (χ3v) is 1.79. The molecule has 0 atom stereocenters. The van der Waals surface area contributed by atoms with Crippen LogP contribution >= 0.6 is 0 Å². The molecular weight excluding hydrogens is 148 g/mol. The van der Waals surface area contributed by atoms with Gasteiger partial charge in [-0.25, -0.2) is 0 Å². The van der Waals surface area contributed by atoms with E-state index in [4.69, 9.17) is 0 Å². The molecule has 12 heavy (non-hydrogen) atoms. The largest absolute Gasteiger partial charge is 0.158 e. The van der Waals surface area contributed by atoms with E-state index in [1.54, 1.807) is 12.3 Å². The summed E-state index contributed by atoms with van der Waals surface area (Å²) < 4.78 is 0. The zero-order valence-electron chi connectivity index (χ0n) is 6.57. The highest BCUT2D eigenvalue weighted by Crippen LogP contribution is 2.15. The maximum absolute atomic E-state index is 3.96. The molecule has 2 aromatic rings. The first-order valence-electron chi connectivity index (χ1n) is 3.74. The molecule has 0 spiro atoms. The summed E-state index contributed by atoms with van der Waals surface area (Å²) in [5, 5.41) is 10.0. The van der Waals surface area contributed by atoms with Crippen molar-refractivity contribution >= 4 is 16.8 Å². The maximum Gasteiger partial charge on any atom is 0.0929 e. The zero-order chi connectivity index (χ0) is 8.39. The molecule has 2 heteroatoms. The fourth-order valence-electron chi connectivity index (χ4n) is 1.20. The third kappa shape index (κ3) is 0.975. The maximum atomic E-state index is 3.96. The molecule has 0 aliphatic rings. The van der Waals surface area contributed by atoms with E-state index < -0.39 is 0 Å². The third-order valence-electron chi connectivity index (χ3n) is 1.79. The monoisotopic (exact) mass is 156 g/mol. The molecule has 0 saturated carbocycles. The van der Waals surface area contributed by atoms with Gasteiger partial charge >= 0.3 is 0 Å². The summed E-state index contributed by atoms with van der Waals surface area (Å²) in [4.78, 5) is 0. The van der Waals surface area contributed by atoms with Crippen molar-refractivity contribution in [2.75, 3.05) is 0 Å². The van der Waals surface area contributed by atoms with Gasteiger partial charge in [0, 0.05) is 10.8 Å². The molecule has 0 N–H and O–H groups in total. The van der Waals surface area contributed by atoms with Gasteiger partial charge in [0.2, 0.25) is 0 Å². The van der Waals surface area contributed by atoms with Crippen molar-refractivity contribution in [1.82, 2.24) is 10.2 Å². The molecule has 0 saturated heterocycles. The van der Waals surface area contributed by atoms with Crippen molar-refractivity contribution in [2.24, 2.45) is 0 Å². The fraction of sp³-hybridized carbons (Fsp3) is 0. The molecule has 0 aliphatic heterocycles. The number of rotatable bonds is 1. The van der Waals surface area contributed by atoms with Gasteiger partial charge in [-0.2, -0.15) is 10.2 Å². The minimum Gasteiger partial charge on any atom is -0.158 e. The smallest absolute Gasteiger partial charge is 0.0929 e. The van der Waals surface area contributed by atoms with E-state index in [9.17, 15) is 0 Å². The van der Waals surface area contributed by atoms with Crippen LogP contribution in [0.2, 0.25) is 0 Å². The van der Waals surface area contributed by atoms with Gasteiger partial charge in [-0.05, 0) is 6.08 Å². The van der Waals surface area contributed by atoms with Gasteiger partial charge in [-0.1, -0.05) is 30.8 Å². The molecule has 1 aromatic carbocycles. The molecule has 0 aliphatic carbocycles. The quantitative estimate of drug-likeness (QED) is 0.633. The van der Waals surface area contributed by atoms with E-state index in [2.05, 4.69) is 16.8 Å². The van der Waals surface area contributed by atoms with Gasteiger partial charge < -0.3 is 0 Å². The van der Waals surface area contributed by atoms with E-state index in [1.807, 2.05) is 24.3 Å². The molecule has 0 bridgehead atoms. The number of hydrogen-bond acceptors (Lipinski definition) is 2. The second-order valence-electron chi connectivity index (χ2n) is 2.52. The van der Waals surface area contributed by atoms with Crippen LogP contribution in [-0.4, -0.2) is 10.2 Å². The SMILES string of the molecule is C=Cc1nncc2ccccc12. The Morgan fingerprint density at radius 3 is 2.92 bits per heavy atom. The first-order valence-corrected chi connectivity index (χ1v) is 3.74. The summed E-state index contributed by atoms with van der Waals surface area (Å²) in [5.41, 5.74) is 0.841. The van der Waals surface area contributed by atoms with E-state index in [0.717, 1.165) is 16.5 Å². The second-order valence-corrected chi connectivity index (χ2v) is 2.52. The molecular formula is C10H8N2. The lowest BCUT2D eigenvalue weighted by atomic mass is 10.1. The lowest BCUT2D eigenvalue weighted by Gasteiger charge is -1.97. The summed E-state index contributed by atoms with van der Waals surface area (Å²) in [5.74, 6) is 0. The normalized spacial score (nSPS) is 10.0. The number of nitrogens with zero attached hydrogens (tertiary/aromatic N) is 2. The number of benzene rings is 1. The Bertz CT molecular complexity index is 416. The van der Waals surface area contributed by atoms with Crippen LogP contribution in [0.4, 0.5) is 0 Å². The summed E-state index contributed by atoms with van der Waals surface area (Å²) >= 11 is 0. The van der Waals surface area contributed by atoms with Gasteiger partial charge in [0.25, 0.3) is 0 Å². The molecule has 0 unspecified atom stereocenters. The highest BCUT2D eigenvalue weighted by atomic mass is 15.1. The topological polar surface area (TPSA) is 25.8 Å². The molecule has 0 fully saturated rings. The van der Waals surface area contributed by atoms with E-state index in [0.29, 0.717) is 0 Å². The van der Waals surface area contributed by atoms with Crippen LogP contribution in [0, 0.1) is 0 Å². The first-order chi connectivity index (χ1) is 5.92. The van der Waals surface area contributed by atoms with Crippen LogP contribution in [0.15, 0.2) is 37.0 Å². The number of hydrogen-bond donors (Lipinski definition) is 0. The Labute approximate surface area is 70.6 Å². The predicted molar refractivity (Wildman–Crippen MR) is 49.6 cm³/mol. The van der Waals surface area contributed by atoms with Crippen molar-refractivity contribution in [2.45, 2.75) is 0 Å². The van der Waals surface area contributed by atoms with Crippen LogP contribution in [0.25, 0.3) is 16.8 Å². The van der Waals surface area contributed by atoms with Crippen LogP contribution in [0.5, 0.6) is 0 Å². The Balaban J connectivity index is 2.88. The van der Waals surface area contributed by atoms with E-state index >= 15 is 0 Å². The Morgan fingerprint density at radius 2 is 2.08 bits per heavy atom. The lowest BCUT2D eigenvalue weighted by molar-refractivity contribution is 1.04. The lowest BCUT2D eigenvalue weighted by Crippen LogP contribution is -1.86. The summed E-state index contributed by atoms with van der Waals surface area (Å²) in [6, 6.07) is 7.99. The summed E-state index contributed by atoms with van der Waals surface area (Å²) in [7, 11) is 0. The van der Waals surface area contributed by atoms with Crippen molar-refractivity contribution < 1.29 is 0 Å². The van der Waals surface area contributed by atoms with E-state index in [1.165, 1.54) is 0 Å². The predicted octanol–water partition coefficient (Wildman–Crippen LogP) is 2.27. The fourth-order valence-corrected chi connectivity index (χ4v) is 1.20. The Hall–Kier alpha value is -1.70. The average molecular weight is 156 g/mol. The van der Waals surface area contributed by atoms with Crippen molar-refractivity contribution in [1.29, 1.82) is 0 Å². The summed E-state index contributed by atoms with van der Waals surface area (Å²) in [6.45, 7) is 3.68. The Kier molecular flexibility index (Phi) is 1.59. The molecule has 2 nitrogen and oxygen atoms in total. The summed E-state index contributed by atoms with van der Waals surface area (Å²) in [6.07, 6.45) is 3.47. The van der Waals surface area contributed by atoms with Crippen molar-refractivity contribution in [3.63, 3.8) is 0 Å². The van der Waals surface area contributed by atoms with E-state index in [-0.39, 0.29) is 0 Å². The van der Waals surface area contributed by atoms with Crippen LogP contribution in [-0.2, 0) is 0 Å². The highest BCUT2D eigenvalue weighted by Gasteiger charge is 1.96. The first kappa shape index (κ1) is 6.98. The highest BCUT2D eigenvalue weighted by molar-refractivity contribution is 5.87. The van der Waals surface area contributed by atoms with Gasteiger partial charge in [-0.15, -0.1) is 0 Å². The molecule has 0 amide bonds. The van der Waals surface area contributed by atoms with Gasteiger partial charge in [0.05, 0.1) is 11.9 Å². The standard InChI is InChI=1S/C10H8N2/c1-2-10-9-6-4-3-5-8(9)7-11-12-10/h2-7H,1H2. The zero-order valence-corrected chi connectivity index (χ0v) is 6.57. The Morgan fingerprint density at radius 1 is 1.25 bits per heavy atom. The van der Waals surface area contributed by atoms with Crippen molar-refractivity contribution in [3.05, 3.63) is 42.7 Å².